The summed E-state index contributed by atoms with van der Waals surface area (Å²) in [6.45, 7) is 0.883. The van der Waals surface area contributed by atoms with Crippen molar-refractivity contribution in [1.29, 1.82) is 0 Å². The number of nitrogens with one attached hydrogen (secondary N) is 1. The van der Waals surface area contributed by atoms with Gasteiger partial charge in [0.2, 0.25) is 5.91 Å². The zero-order chi connectivity index (χ0) is 7.68. The van der Waals surface area contributed by atoms with Crippen LogP contribution in [0.1, 0.15) is 12.8 Å². The van der Waals surface area contributed by atoms with Crippen molar-refractivity contribution in [1.82, 2.24) is 9.55 Å². The second-order valence-corrected chi connectivity index (χ2v) is 2.62. The van der Waals surface area contributed by atoms with E-state index < -0.39 is 0 Å². The van der Waals surface area contributed by atoms with Gasteiger partial charge in [0.1, 0.15) is 5.82 Å². The molecule has 1 aliphatic heterocycles. The van der Waals surface area contributed by atoms with Gasteiger partial charge >= 0.3 is 0 Å². The fourth-order valence-electron chi connectivity index (χ4n) is 1.22. The average molecular weight is 151 g/mol. The molecule has 1 aromatic rings. The molecule has 1 amide bonds. The second kappa shape index (κ2) is 2.38. The number of carbonyl (C=O) groups excluding carboxylic acids is 1. The molecule has 0 spiro atoms. The number of rotatable bonds is 0. The van der Waals surface area contributed by atoms with E-state index in [0.717, 1.165) is 18.8 Å². The minimum atomic E-state index is 0.0873. The van der Waals surface area contributed by atoms with E-state index in [9.17, 15) is 4.79 Å². The van der Waals surface area contributed by atoms with Gasteiger partial charge in [0, 0.05) is 13.0 Å². The molecule has 4 nitrogen and oxygen atoms in total. The Morgan fingerprint density at radius 3 is 3.45 bits per heavy atom. The molecule has 0 atom stereocenters. The number of hydrogen-bond donors (Lipinski definition) is 1. The average Bonchev–Trinajstić information content (AvgIpc) is 2.31. The van der Waals surface area contributed by atoms with Crippen molar-refractivity contribution in [3.05, 3.63) is 12.5 Å². The zero-order valence-corrected chi connectivity index (χ0v) is 6.08. The summed E-state index contributed by atoms with van der Waals surface area (Å²) in [5, 5.41) is 2.76. The van der Waals surface area contributed by atoms with E-state index in [1.165, 1.54) is 0 Å². The van der Waals surface area contributed by atoms with E-state index in [0.29, 0.717) is 6.42 Å². The Hall–Kier alpha value is -1.32. The first-order chi connectivity index (χ1) is 5.36. The Morgan fingerprint density at radius 1 is 1.64 bits per heavy atom. The van der Waals surface area contributed by atoms with Gasteiger partial charge in [-0.3, -0.25) is 4.79 Å². The lowest BCUT2D eigenvalue weighted by atomic mass is 10.3. The van der Waals surface area contributed by atoms with E-state index in [-0.39, 0.29) is 5.91 Å². The number of aryl methyl sites for hydroxylation is 1. The molecule has 1 N–H and O–H groups in total. The smallest absolute Gasteiger partial charge is 0.225 e. The van der Waals surface area contributed by atoms with Crippen molar-refractivity contribution in [2.45, 2.75) is 19.4 Å². The van der Waals surface area contributed by atoms with Gasteiger partial charge in [0.05, 0.1) is 12.5 Å². The van der Waals surface area contributed by atoms with Gasteiger partial charge in [-0.2, -0.15) is 0 Å². The Morgan fingerprint density at radius 2 is 2.55 bits per heavy atom. The number of anilines is 1. The van der Waals surface area contributed by atoms with Crippen molar-refractivity contribution in [3.63, 3.8) is 0 Å². The van der Waals surface area contributed by atoms with Crippen molar-refractivity contribution < 1.29 is 4.79 Å². The molecule has 4 heteroatoms. The normalized spacial score (nSPS) is 16.9. The SMILES string of the molecule is O=C1CCCn2cncc2N1. The molecule has 0 aromatic carbocycles. The highest BCUT2D eigenvalue weighted by atomic mass is 16.1. The van der Waals surface area contributed by atoms with Crippen LogP contribution >= 0.6 is 0 Å². The van der Waals surface area contributed by atoms with Crippen LogP contribution in [0.4, 0.5) is 5.82 Å². The summed E-state index contributed by atoms with van der Waals surface area (Å²) in [6, 6.07) is 0. The molecule has 58 valence electrons. The van der Waals surface area contributed by atoms with Gasteiger partial charge in [0.15, 0.2) is 0 Å². The van der Waals surface area contributed by atoms with E-state index >= 15 is 0 Å². The maximum absolute atomic E-state index is 11.0. The number of carbonyl (C=O) groups is 1. The van der Waals surface area contributed by atoms with Crippen LogP contribution in [0.25, 0.3) is 0 Å². The number of nitrogens with zero attached hydrogens (tertiary/aromatic N) is 2. The fraction of sp³-hybridized carbons (Fsp3) is 0.429. The summed E-state index contributed by atoms with van der Waals surface area (Å²) < 4.78 is 1.95. The van der Waals surface area contributed by atoms with E-state index in [2.05, 4.69) is 10.3 Å². The summed E-state index contributed by atoms with van der Waals surface area (Å²) in [5.41, 5.74) is 0. The number of hydrogen-bond acceptors (Lipinski definition) is 2. The third-order valence-electron chi connectivity index (χ3n) is 1.78. The monoisotopic (exact) mass is 151 g/mol. The third-order valence-corrected chi connectivity index (χ3v) is 1.78. The number of aromatic nitrogens is 2. The maximum Gasteiger partial charge on any atom is 0.225 e. The number of amides is 1. The molecule has 0 saturated carbocycles. The second-order valence-electron chi connectivity index (χ2n) is 2.62. The first-order valence-corrected chi connectivity index (χ1v) is 3.66. The molecule has 1 aromatic heterocycles. The summed E-state index contributed by atoms with van der Waals surface area (Å²) >= 11 is 0. The van der Waals surface area contributed by atoms with Crippen LogP contribution in [0.3, 0.4) is 0 Å². The molecular weight excluding hydrogens is 142 g/mol. The first kappa shape index (κ1) is 6.39. The lowest BCUT2D eigenvalue weighted by molar-refractivity contribution is -0.116. The Balaban J connectivity index is 2.32. The van der Waals surface area contributed by atoms with Crippen LogP contribution < -0.4 is 5.32 Å². The van der Waals surface area contributed by atoms with Gasteiger partial charge in [-0.15, -0.1) is 0 Å². The van der Waals surface area contributed by atoms with Crippen LogP contribution in [0.2, 0.25) is 0 Å². The van der Waals surface area contributed by atoms with Crippen molar-refractivity contribution in [3.8, 4) is 0 Å². The molecule has 0 fully saturated rings. The zero-order valence-electron chi connectivity index (χ0n) is 6.08. The molecule has 0 radical (unpaired) electrons. The molecule has 2 rings (SSSR count). The van der Waals surface area contributed by atoms with Gasteiger partial charge in [-0.1, -0.05) is 0 Å². The van der Waals surface area contributed by atoms with Crippen LogP contribution in [-0.2, 0) is 11.3 Å². The molecule has 0 saturated heterocycles. The van der Waals surface area contributed by atoms with Gasteiger partial charge in [-0.05, 0) is 6.42 Å². The van der Waals surface area contributed by atoms with E-state index in [1.54, 1.807) is 12.5 Å². The molecular formula is C7H9N3O. The molecule has 0 aliphatic carbocycles. The summed E-state index contributed by atoms with van der Waals surface area (Å²) in [4.78, 5) is 14.9. The minimum Gasteiger partial charge on any atom is -0.317 e. The minimum absolute atomic E-state index is 0.0873. The lowest BCUT2D eigenvalue weighted by Crippen LogP contribution is -2.09. The van der Waals surface area contributed by atoms with Gasteiger partial charge in [-0.25, -0.2) is 4.98 Å². The van der Waals surface area contributed by atoms with Crippen LogP contribution in [0.15, 0.2) is 12.5 Å². The predicted octanol–water partition coefficient (Wildman–Crippen LogP) is 0.615. The molecule has 0 bridgehead atoms. The summed E-state index contributed by atoms with van der Waals surface area (Å²) in [7, 11) is 0. The van der Waals surface area contributed by atoms with Gasteiger partial charge in [0.25, 0.3) is 0 Å². The Kier molecular flexibility index (Phi) is 1.38. The van der Waals surface area contributed by atoms with Gasteiger partial charge < -0.3 is 9.88 Å². The number of fused-ring (bicyclic) bond motifs is 1. The van der Waals surface area contributed by atoms with Crippen molar-refractivity contribution in [2.75, 3.05) is 5.32 Å². The summed E-state index contributed by atoms with van der Waals surface area (Å²) in [5.74, 6) is 0.900. The highest BCUT2D eigenvalue weighted by Gasteiger charge is 2.10. The lowest BCUT2D eigenvalue weighted by Gasteiger charge is -2.00. The summed E-state index contributed by atoms with van der Waals surface area (Å²) in [6.07, 6.45) is 4.92. The fourth-order valence-corrected chi connectivity index (χ4v) is 1.22. The maximum atomic E-state index is 11.0. The molecule has 2 heterocycles. The highest BCUT2D eigenvalue weighted by molar-refractivity contribution is 5.90. The predicted molar refractivity (Wildman–Crippen MR) is 40.1 cm³/mol. The molecule has 0 unspecified atom stereocenters. The quantitative estimate of drug-likeness (QED) is 0.590. The van der Waals surface area contributed by atoms with Crippen LogP contribution in [-0.4, -0.2) is 15.5 Å². The molecule has 1 aliphatic rings. The van der Waals surface area contributed by atoms with Crippen molar-refractivity contribution in [2.24, 2.45) is 0 Å². The van der Waals surface area contributed by atoms with E-state index in [4.69, 9.17) is 0 Å². The Labute approximate surface area is 64.2 Å². The van der Waals surface area contributed by atoms with Crippen LogP contribution in [0, 0.1) is 0 Å². The molecule has 11 heavy (non-hydrogen) atoms. The van der Waals surface area contributed by atoms with Crippen LogP contribution in [0.5, 0.6) is 0 Å². The Bertz CT molecular complexity index is 279. The largest absolute Gasteiger partial charge is 0.317 e. The topological polar surface area (TPSA) is 46.9 Å². The highest BCUT2D eigenvalue weighted by Crippen LogP contribution is 2.12. The van der Waals surface area contributed by atoms with E-state index in [1.807, 2.05) is 4.57 Å². The third kappa shape index (κ3) is 1.11. The van der Waals surface area contributed by atoms with Crippen molar-refractivity contribution >= 4 is 11.7 Å². The number of imidazole rings is 1. The first-order valence-electron chi connectivity index (χ1n) is 3.66. The standard InChI is InChI=1S/C7H9N3O/c11-7-2-1-3-10-5-8-4-6(10)9-7/h4-5H,1-3H2,(H,9,11).